The highest BCUT2D eigenvalue weighted by atomic mass is 16.5. The topological polar surface area (TPSA) is 126 Å². The molecule has 0 aliphatic carbocycles. The number of rotatable bonds is 11. The van der Waals surface area contributed by atoms with Crippen LogP contribution >= 0.6 is 0 Å². The molecule has 0 bridgehead atoms. The molecule has 214 valence electrons. The van der Waals surface area contributed by atoms with Crippen LogP contribution in [-0.2, 0) is 16.6 Å². The smallest absolute Gasteiger partial charge is 0.409 e. The second-order valence-electron chi connectivity index (χ2n) is 9.26. The first-order valence-electron chi connectivity index (χ1n) is 12.8. The number of ether oxygens (including phenoxy) is 2. The molecule has 2 amide bonds. The van der Waals surface area contributed by atoms with E-state index in [9.17, 15) is 9.59 Å². The summed E-state index contributed by atoms with van der Waals surface area (Å²) in [4.78, 5) is 36.4. The van der Waals surface area contributed by atoms with Gasteiger partial charge in [0.25, 0.3) is 0 Å². The van der Waals surface area contributed by atoms with Gasteiger partial charge in [-0.1, -0.05) is 24.8 Å². The van der Waals surface area contributed by atoms with Gasteiger partial charge in [0.15, 0.2) is 0 Å². The molecule has 12 heteroatoms. The summed E-state index contributed by atoms with van der Waals surface area (Å²) in [5, 5.41) is 10.5. The van der Waals surface area contributed by atoms with Crippen molar-refractivity contribution in [1.82, 2.24) is 19.4 Å². The molecular formula is C29H34N8O4. The molecule has 3 N–H and O–H groups in total. The Labute approximate surface area is 238 Å². The summed E-state index contributed by atoms with van der Waals surface area (Å²) in [5.41, 5.74) is 3.74. The molecule has 2 heterocycles. The second-order valence-corrected chi connectivity index (χ2v) is 9.26. The number of hydrogen-bond donors (Lipinski definition) is 3. The second kappa shape index (κ2) is 12.7. The summed E-state index contributed by atoms with van der Waals surface area (Å²) in [5.74, 6) is 1.06. The van der Waals surface area contributed by atoms with Gasteiger partial charge in [-0.15, -0.1) is 0 Å². The van der Waals surface area contributed by atoms with Crippen LogP contribution in [0.5, 0.6) is 5.75 Å². The summed E-state index contributed by atoms with van der Waals surface area (Å²) in [7, 11) is 8.38. The Morgan fingerprint density at radius 3 is 2.56 bits per heavy atom. The summed E-state index contributed by atoms with van der Waals surface area (Å²) in [6.07, 6.45) is 4.41. The van der Waals surface area contributed by atoms with Gasteiger partial charge in [-0.05, 0) is 24.3 Å². The van der Waals surface area contributed by atoms with Crippen molar-refractivity contribution in [3.05, 3.63) is 67.5 Å². The van der Waals surface area contributed by atoms with E-state index in [4.69, 9.17) is 9.47 Å². The Morgan fingerprint density at radius 1 is 1.05 bits per heavy atom. The quantitative estimate of drug-likeness (QED) is 0.224. The predicted molar refractivity (Wildman–Crippen MR) is 162 cm³/mol. The first-order chi connectivity index (χ1) is 19.7. The van der Waals surface area contributed by atoms with Crippen molar-refractivity contribution in [3.63, 3.8) is 0 Å². The number of fused-ring (bicyclic) bond motifs is 1. The van der Waals surface area contributed by atoms with Gasteiger partial charge in [0.1, 0.15) is 11.6 Å². The largest absolute Gasteiger partial charge is 0.494 e. The molecule has 0 atom stereocenters. The zero-order valence-corrected chi connectivity index (χ0v) is 23.8. The van der Waals surface area contributed by atoms with E-state index < -0.39 is 6.09 Å². The van der Waals surface area contributed by atoms with Crippen molar-refractivity contribution in [2.24, 2.45) is 7.05 Å². The Hall–Kier alpha value is -5.26. The normalized spacial score (nSPS) is 10.6. The van der Waals surface area contributed by atoms with Gasteiger partial charge in [-0.25, -0.2) is 9.78 Å². The number of aromatic nitrogens is 3. The molecule has 0 spiro atoms. The molecule has 2 aromatic carbocycles. The van der Waals surface area contributed by atoms with Crippen LogP contribution < -0.4 is 25.6 Å². The van der Waals surface area contributed by atoms with Crippen LogP contribution in [0, 0.1) is 0 Å². The van der Waals surface area contributed by atoms with Gasteiger partial charge in [0, 0.05) is 63.6 Å². The molecule has 0 aliphatic rings. The van der Waals surface area contributed by atoms with E-state index in [-0.39, 0.29) is 5.91 Å². The van der Waals surface area contributed by atoms with Crippen molar-refractivity contribution in [1.29, 1.82) is 0 Å². The fourth-order valence-corrected chi connectivity index (χ4v) is 4.29. The third-order valence-electron chi connectivity index (χ3n) is 6.49. The van der Waals surface area contributed by atoms with E-state index >= 15 is 0 Å². The van der Waals surface area contributed by atoms with Gasteiger partial charge in [0.05, 0.1) is 37.0 Å². The Kier molecular flexibility index (Phi) is 8.92. The number of amides is 2. The molecule has 0 fully saturated rings. The molecule has 0 saturated heterocycles. The highest BCUT2D eigenvalue weighted by Crippen LogP contribution is 2.38. The van der Waals surface area contributed by atoms with E-state index in [0.29, 0.717) is 47.7 Å². The number of hydrogen-bond acceptors (Lipinski definition) is 9. The lowest BCUT2D eigenvalue weighted by Crippen LogP contribution is -2.35. The van der Waals surface area contributed by atoms with Crippen LogP contribution in [0.2, 0.25) is 0 Å². The number of aryl methyl sites for hydroxylation is 1. The third-order valence-corrected chi connectivity index (χ3v) is 6.49. The summed E-state index contributed by atoms with van der Waals surface area (Å²) >= 11 is 0. The van der Waals surface area contributed by atoms with Gasteiger partial charge >= 0.3 is 6.09 Å². The minimum absolute atomic E-state index is 0.329. The van der Waals surface area contributed by atoms with E-state index in [0.717, 1.165) is 16.6 Å². The van der Waals surface area contributed by atoms with Crippen LogP contribution in [0.4, 0.5) is 39.3 Å². The number of carbonyl (C=O) groups is 2. The van der Waals surface area contributed by atoms with E-state index in [2.05, 4.69) is 38.6 Å². The van der Waals surface area contributed by atoms with Gasteiger partial charge in [-0.2, -0.15) is 4.98 Å². The molecule has 12 nitrogen and oxygen atoms in total. The van der Waals surface area contributed by atoms with Crippen molar-refractivity contribution in [3.8, 4) is 5.75 Å². The fourth-order valence-electron chi connectivity index (χ4n) is 4.29. The number of carbonyl (C=O) groups excluding carboxylic acids is 2. The maximum Gasteiger partial charge on any atom is 0.409 e. The molecule has 4 rings (SSSR count). The highest BCUT2D eigenvalue weighted by Gasteiger charge is 2.18. The summed E-state index contributed by atoms with van der Waals surface area (Å²) in [6.45, 7) is 4.41. The Balaban J connectivity index is 1.61. The van der Waals surface area contributed by atoms with Crippen molar-refractivity contribution < 1.29 is 19.1 Å². The lowest BCUT2D eigenvalue weighted by atomic mass is 10.2. The number of likely N-dealkylation sites (N-methyl/N-ethyl adjacent to an activating group) is 2. The number of anilines is 6. The molecule has 0 unspecified atom stereocenters. The van der Waals surface area contributed by atoms with Crippen molar-refractivity contribution >= 4 is 57.4 Å². The van der Waals surface area contributed by atoms with E-state index in [1.807, 2.05) is 48.0 Å². The number of nitrogens with zero attached hydrogens (tertiary/aromatic N) is 5. The fraction of sp³-hybridized carbons (Fsp3) is 0.241. The van der Waals surface area contributed by atoms with Crippen LogP contribution in [-0.4, -0.2) is 72.8 Å². The van der Waals surface area contributed by atoms with E-state index in [1.165, 1.54) is 18.1 Å². The third kappa shape index (κ3) is 6.67. The Bertz CT molecular complexity index is 1570. The minimum atomic E-state index is -0.437. The summed E-state index contributed by atoms with van der Waals surface area (Å²) < 4.78 is 12.5. The maximum atomic E-state index is 12.3. The van der Waals surface area contributed by atoms with Crippen molar-refractivity contribution in [2.45, 2.75) is 0 Å². The molecule has 0 radical (unpaired) electrons. The SMILES string of the molecule is C=CC(=O)Nc1cc(Nc2nccc(Nc3cn(C)c4ccccc34)n2)c(OC)cc1N(C)CCN(C)C(=O)OC. The van der Waals surface area contributed by atoms with Crippen LogP contribution in [0.15, 0.2) is 67.5 Å². The molecule has 0 aliphatic heterocycles. The molecular weight excluding hydrogens is 524 g/mol. The number of para-hydroxylation sites is 1. The summed E-state index contributed by atoms with van der Waals surface area (Å²) in [6, 6.07) is 13.4. The first kappa shape index (κ1) is 28.7. The predicted octanol–water partition coefficient (Wildman–Crippen LogP) is 4.72. The van der Waals surface area contributed by atoms with Gasteiger partial charge in [-0.3, -0.25) is 4.79 Å². The zero-order valence-electron chi connectivity index (χ0n) is 23.8. The van der Waals surface area contributed by atoms with Crippen LogP contribution in [0.25, 0.3) is 10.9 Å². The van der Waals surface area contributed by atoms with Gasteiger partial charge in [0.2, 0.25) is 11.9 Å². The lowest BCUT2D eigenvalue weighted by molar-refractivity contribution is -0.111. The number of benzene rings is 2. The monoisotopic (exact) mass is 558 g/mol. The maximum absolute atomic E-state index is 12.3. The molecule has 0 saturated carbocycles. The standard InChI is InChI=1S/C29H34N8O4/c1-7-27(38)32-20-16-21(25(40-5)17-24(20)35(2)14-15-36(3)29(39)41-6)33-28-30-13-12-26(34-28)31-22-18-37(4)23-11-9-8-10-19(22)23/h7-13,16-18H,1,14-15H2,2-6H3,(H,32,38)(H2,30,31,33,34). The zero-order chi connectivity index (χ0) is 29.5. The number of nitrogens with one attached hydrogen (secondary N) is 3. The van der Waals surface area contributed by atoms with Gasteiger partial charge < -0.3 is 39.8 Å². The number of methoxy groups -OCH3 is 2. The van der Waals surface area contributed by atoms with Crippen LogP contribution in [0.3, 0.4) is 0 Å². The lowest BCUT2D eigenvalue weighted by Gasteiger charge is -2.26. The average Bonchev–Trinajstić information content (AvgIpc) is 3.30. The first-order valence-corrected chi connectivity index (χ1v) is 12.8. The molecule has 2 aromatic heterocycles. The van der Waals surface area contributed by atoms with E-state index in [1.54, 1.807) is 38.6 Å². The molecule has 41 heavy (non-hydrogen) atoms. The molecule has 4 aromatic rings. The average molecular weight is 559 g/mol. The van der Waals surface area contributed by atoms with Crippen molar-refractivity contribution in [2.75, 3.05) is 62.3 Å². The Morgan fingerprint density at radius 2 is 1.83 bits per heavy atom. The van der Waals surface area contributed by atoms with Crippen LogP contribution in [0.1, 0.15) is 0 Å². The highest BCUT2D eigenvalue weighted by molar-refractivity contribution is 6.02. The minimum Gasteiger partial charge on any atom is -0.494 e.